The first kappa shape index (κ1) is 13.8. The van der Waals surface area contributed by atoms with E-state index in [1.807, 2.05) is 48.7 Å². The van der Waals surface area contributed by atoms with Gasteiger partial charge in [-0.25, -0.2) is 4.79 Å². The Morgan fingerprint density at radius 3 is 2.57 bits per heavy atom. The number of nitrogens with zero attached hydrogens (tertiary/aromatic N) is 1. The molecule has 0 aliphatic heterocycles. The Hall–Kier alpha value is -2.20. The number of rotatable bonds is 5. The molecule has 1 fully saturated rings. The number of benzene rings is 1. The average Bonchev–Trinajstić information content (AvgIpc) is 3.34. The number of esters is 1. The van der Waals surface area contributed by atoms with Crippen LogP contribution < -0.4 is 5.32 Å². The predicted octanol–water partition coefficient (Wildman–Crippen LogP) is 2.65. The lowest BCUT2D eigenvalue weighted by Gasteiger charge is -2.18. The highest BCUT2D eigenvalue weighted by molar-refractivity contribution is 5.89. The van der Waals surface area contributed by atoms with Gasteiger partial charge >= 0.3 is 5.97 Å². The average molecular weight is 282 g/mol. The fraction of sp³-hybridized carbons (Fsp3) is 0.294. The molecule has 1 aromatic heterocycles. The molecule has 0 saturated heterocycles. The summed E-state index contributed by atoms with van der Waals surface area (Å²) in [4.78, 5) is 15.8. The topological polar surface area (TPSA) is 51.2 Å². The molecule has 2 aromatic rings. The molecular weight excluding hydrogens is 264 g/mol. The van der Waals surface area contributed by atoms with Crippen LogP contribution in [-0.4, -0.2) is 18.1 Å². The molecule has 21 heavy (non-hydrogen) atoms. The maximum Gasteiger partial charge on any atom is 0.337 e. The van der Waals surface area contributed by atoms with Crippen LogP contribution in [0.1, 0.15) is 34.5 Å². The van der Waals surface area contributed by atoms with E-state index in [-0.39, 0.29) is 11.5 Å². The van der Waals surface area contributed by atoms with E-state index in [1.165, 1.54) is 12.7 Å². The minimum atomic E-state index is -0.298. The summed E-state index contributed by atoms with van der Waals surface area (Å²) in [6.07, 6.45) is 4.02. The Bertz CT molecular complexity index is 619. The number of aromatic nitrogens is 1. The molecule has 1 N–H and O–H groups in total. The number of methoxy groups -OCH3 is 1. The summed E-state index contributed by atoms with van der Waals surface area (Å²) in [5, 5.41) is 3.59. The summed E-state index contributed by atoms with van der Waals surface area (Å²) in [7, 11) is 1.40. The number of carbonyl (C=O) groups excluding carboxylic acids is 1. The number of carbonyl (C=O) groups is 1. The molecule has 1 aromatic carbocycles. The van der Waals surface area contributed by atoms with Crippen LogP contribution >= 0.6 is 0 Å². The van der Waals surface area contributed by atoms with E-state index in [4.69, 9.17) is 4.74 Å². The van der Waals surface area contributed by atoms with Gasteiger partial charge in [0, 0.05) is 18.3 Å². The molecule has 0 amide bonds. The van der Waals surface area contributed by atoms with Crippen LogP contribution in [0.2, 0.25) is 0 Å². The fourth-order valence-corrected chi connectivity index (χ4v) is 2.50. The third-order valence-corrected chi connectivity index (χ3v) is 3.94. The van der Waals surface area contributed by atoms with Gasteiger partial charge in [-0.05, 0) is 42.7 Å². The van der Waals surface area contributed by atoms with Gasteiger partial charge in [0.15, 0.2) is 0 Å². The van der Waals surface area contributed by atoms with Gasteiger partial charge in [-0.2, -0.15) is 0 Å². The first-order valence-corrected chi connectivity index (χ1v) is 7.07. The molecule has 0 unspecified atom stereocenters. The Kier molecular flexibility index (Phi) is 3.71. The van der Waals surface area contributed by atoms with Gasteiger partial charge in [0.05, 0.1) is 18.4 Å². The van der Waals surface area contributed by atoms with Crippen molar-refractivity contribution in [2.24, 2.45) is 0 Å². The van der Waals surface area contributed by atoms with Crippen molar-refractivity contribution < 1.29 is 9.53 Å². The maximum atomic E-state index is 11.5. The molecule has 1 aliphatic carbocycles. The Morgan fingerprint density at radius 2 is 2.00 bits per heavy atom. The zero-order valence-corrected chi connectivity index (χ0v) is 12.0. The maximum absolute atomic E-state index is 11.5. The molecule has 0 bridgehead atoms. The second kappa shape index (κ2) is 5.66. The van der Waals surface area contributed by atoms with Crippen molar-refractivity contribution in [3.8, 4) is 0 Å². The third-order valence-electron chi connectivity index (χ3n) is 3.94. The van der Waals surface area contributed by atoms with Crippen LogP contribution in [0.5, 0.6) is 0 Å². The van der Waals surface area contributed by atoms with E-state index in [1.54, 1.807) is 0 Å². The lowest BCUT2D eigenvalue weighted by atomic mass is 10.0. The molecule has 1 heterocycles. The summed E-state index contributed by atoms with van der Waals surface area (Å²) >= 11 is 0. The summed E-state index contributed by atoms with van der Waals surface area (Å²) in [5.41, 5.74) is 2.87. The van der Waals surface area contributed by atoms with E-state index in [9.17, 15) is 4.79 Å². The quantitative estimate of drug-likeness (QED) is 0.857. The van der Waals surface area contributed by atoms with Gasteiger partial charge < -0.3 is 10.1 Å². The van der Waals surface area contributed by atoms with Crippen LogP contribution in [0, 0.1) is 0 Å². The van der Waals surface area contributed by atoms with Gasteiger partial charge in [0.1, 0.15) is 0 Å². The third kappa shape index (κ3) is 2.95. The lowest BCUT2D eigenvalue weighted by Crippen LogP contribution is -2.28. The van der Waals surface area contributed by atoms with E-state index >= 15 is 0 Å². The normalized spacial score (nSPS) is 15.5. The van der Waals surface area contributed by atoms with Crippen molar-refractivity contribution in [1.82, 2.24) is 10.3 Å². The van der Waals surface area contributed by atoms with Crippen LogP contribution in [0.15, 0.2) is 48.7 Å². The Morgan fingerprint density at radius 1 is 1.24 bits per heavy atom. The van der Waals surface area contributed by atoms with Gasteiger partial charge in [0.25, 0.3) is 0 Å². The van der Waals surface area contributed by atoms with E-state index in [2.05, 4.69) is 10.3 Å². The molecular formula is C17H18N2O2. The van der Waals surface area contributed by atoms with Gasteiger partial charge in [-0.15, -0.1) is 0 Å². The van der Waals surface area contributed by atoms with Crippen molar-refractivity contribution in [2.75, 3.05) is 7.11 Å². The summed E-state index contributed by atoms with van der Waals surface area (Å²) < 4.78 is 4.72. The number of hydrogen-bond acceptors (Lipinski definition) is 4. The van der Waals surface area contributed by atoms with E-state index < -0.39 is 0 Å². The van der Waals surface area contributed by atoms with Crippen molar-refractivity contribution in [2.45, 2.75) is 24.9 Å². The number of ether oxygens (including phenoxy) is 1. The molecule has 4 heteroatoms. The largest absolute Gasteiger partial charge is 0.465 e. The smallest absolute Gasteiger partial charge is 0.337 e. The number of pyridine rings is 1. The first-order chi connectivity index (χ1) is 10.2. The monoisotopic (exact) mass is 282 g/mol. The minimum absolute atomic E-state index is 0.0339. The predicted molar refractivity (Wildman–Crippen MR) is 79.8 cm³/mol. The Balaban J connectivity index is 1.69. The molecule has 108 valence electrons. The standard InChI is InChI=1S/C17H18N2O2/c1-21-16(20)13-5-7-14(8-6-13)17(9-10-17)19-12-15-4-2-3-11-18-15/h2-8,11,19H,9-10,12H2,1H3. The minimum Gasteiger partial charge on any atom is -0.465 e. The summed E-state index contributed by atoms with van der Waals surface area (Å²) in [6, 6.07) is 13.6. The van der Waals surface area contributed by atoms with Crippen LogP contribution in [0.4, 0.5) is 0 Å². The van der Waals surface area contributed by atoms with Crippen molar-refractivity contribution in [3.05, 3.63) is 65.5 Å². The molecule has 3 rings (SSSR count). The second-order valence-corrected chi connectivity index (χ2v) is 5.33. The molecule has 4 nitrogen and oxygen atoms in total. The highest BCUT2D eigenvalue weighted by Crippen LogP contribution is 2.45. The van der Waals surface area contributed by atoms with Gasteiger partial charge in [-0.1, -0.05) is 18.2 Å². The molecule has 1 aliphatic rings. The molecule has 0 spiro atoms. The zero-order valence-electron chi connectivity index (χ0n) is 12.0. The summed E-state index contributed by atoms with van der Waals surface area (Å²) in [6.45, 7) is 0.750. The van der Waals surface area contributed by atoms with Crippen molar-refractivity contribution >= 4 is 5.97 Å². The SMILES string of the molecule is COC(=O)c1ccc(C2(NCc3ccccn3)CC2)cc1. The van der Waals surface area contributed by atoms with Gasteiger partial charge in [0.2, 0.25) is 0 Å². The zero-order chi connectivity index (χ0) is 14.7. The molecule has 0 atom stereocenters. The van der Waals surface area contributed by atoms with Crippen LogP contribution in [0.25, 0.3) is 0 Å². The van der Waals surface area contributed by atoms with Crippen molar-refractivity contribution in [3.63, 3.8) is 0 Å². The Labute approximate surface area is 124 Å². The number of nitrogens with one attached hydrogen (secondary N) is 1. The molecule has 1 saturated carbocycles. The molecule has 0 radical (unpaired) electrons. The number of hydrogen-bond donors (Lipinski definition) is 1. The van der Waals surface area contributed by atoms with E-state index in [0.29, 0.717) is 5.56 Å². The highest BCUT2D eigenvalue weighted by Gasteiger charge is 2.43. The van der Waals surface area contributed by atoms with Gasteiger partial charge in [-0.3, -0.25) is 4.98 Å². The van der Waals surface area contributed by atoms with E-state index in [0.717, 1.165) is 25.1 Å². The lowest BCUT2D eigenvalue weighted by molar-refractivity contribution is 0.0600. The second-order valence-electron chi connectivity index (χ2n) is 5.33. The van der Waals surface area contributed by atoms with Crippen LogP contribution in [-0.2, 0) is 16.8 Å². The first-order valence-electron chi connectivity index (χ1n) is 7.07. The van der Waals surface area contributed by atoms with Crippen LogP contribution in [0.3, 0.4) is 0 Å². The fourth-order valence-electron chi connectivity index (χ4n) is 2.50. The summed E-state index contributed by atoms with van der Waals surface area (Å²) in [5.74, 6) is -0.298. The highest BCUT2D eigenvalue weighted by atomic mass is 16.5. The van der Waals surface area contributed by atoms with Crippen molar-refractivity contribution in [1.29, 1.82) is 0 Å².